The fraction of sp³-hybridized carbons (Fsp3) is 0.0500. The fourth-order valence-corrected chi connectivity index (χ4v) is 2.32. The van der Waals surface area contributed by atoms with E-state index in [2.05, 4.69) is 5.32 Å². The van der Waals surface area contributed by atoms with Gasteiger partial charge in [0.15, 0.2) is 0 Å². The molecule has 0 radical (unpaired) electrons. The van der Waals surface area contributed by atoms with Crippen LogP contribution in [0.1, 0.15) is 10.4 Å². The maximum atomic E-state index is 12.2. The number of anilines is 1. The number of rotatable bonds is 6. The van der Waals surface area contributed by atoms with Crippen molar-refractivity contribution >= 4 is 17.3 Å². The molecule has 1 amide bonds. The van der Waals surface area contributed by atoms with Crippen molar-refractivity contribution in [2.45, 2.75) is 0 Å². The van der Waals surface area contributed by atoms with Gasteiger partial charge in [-0.3, -0.25) is 14.9 Å². The fourth-order valence-electron chi connectivity index (χ4n) is 2.32. The summed E-state index contributed by atoms with van der Waals surface area (Å²) >= 11 is 0. The number of non-ortho nitro benzene ring substituents is 1. The molecule has 7 nitrogen and oxygen atoms in total. The molecular formula is C20H16N2O5. The Hall–Kier alpha value is -3.87. The number of benzene rings is 3. The van der Waals surface area contributed by atoms with Crippen LogP contribution in [-0.4, -0.2) is 17.9 Å². The lowest BCUT2D eigenvalue weighted by molar-refractivity contribution is -0.384. The van der Waals surface area contributed by atoms with Gasteiger partial charge < -0.3 is 14.8 Å². The van der Waals surface area contributed by atoms with Crippen LogP contribution >= 0.6 is 0 Å². The van der Waals surface area contributed by atoms with Gasteiger partial charge in [-0.2, -0.15) is 0 Å². The van der Waals surface area contributed by atoms with Crippen molar-refractivity contribution in [1.29, 1.82) is 0 Å². The lowest BCUT2D eigenvalue weighted by Gasteiger charge is -2.09. The number of hydrogen-bond acceptors (Lipinski definition) is 5. The van der Waals surface area contributed by atoms with Crippen LogP contribution in [0.4, 0.5) is 11.4 Å². The van der Waals surface area contributed by atoms with E-state index in [4.69, 9.17) is 9.47 Å². The van der Waals surface area contributed by atoms with Gasteiger partial charge in [-0.1, -0.05) is 0 Å². The van der Waals surface area contributed by atoms with Crippen molar-refractivity contribution in [3.8, 4) is 17.2 Å². The van der Waals surface area contributed by atoms with Gasteiger partial charge in [0.25, 0.3) is 11.6 Å². The summed E-state index contributed by atoms with van der Waals surface area (Å²) < 4.78 is 10.8. The minimum Gasteiger partial charge on any atom is -0.497 e. The monoisotopic (exact) mass is 364 g/mol. The highest BCUT2D eigenvalue weighted by Crippen LogP contribution is 2.25. The molecule has 0 unspecified atom stereocenters. The van der Waals surface area contributed by atoms with Crippen LogP contribution in [0.25, 0.3) is 0 Å². The Balaban J connectivity index is 1.62. The smallest absolute Gasteiger partial charge is 0.269 e. The molecule has 0 saturated heterocycles. The Labute approximate surface area is 155 Å². The van der Waals surface area contributed by atoms with E-state index < -0.39 is 4.92 Å². The Morgan fingerprint density at radius 2 is 1.37 bits per heavy atom. The lowest BCUT2D eigenvalue weighted by Crippen LogP contribution is -2.11. The number of hydrogen-bond donors (Lipinski definition) is 1. The molecule has 0 aliphatic carbocycles. The number of amides is 1. The van der Waals surface area contributed by atoms with Crippen molar-refractivity contribution in [3.05, 3.63) is 88.5 Å². The molecule has 27 heavy (non-hydrogen) atoms. The first-order valence-corrected chi connectivity index (χ1v) is 8.03. The van der Waals surface area contributed by atoms with Crippen LogP contribution in [-0.2, 0) is 0 Å². The van der Waals surface area contributed by atoms with Gasteiger partial charge in [-0.25, -0.2) is 0 Å². The molecule has 0 aromatic heterocycles. The van der Waals surface area contributed by atoms with Gasteiger partial charge in [-0.15, -0.1) is 0 Å². The largest absolute Gasteiger partial charge is 0.497 e. The van der Waals surface area contributed by atoms with E-state index in [0.717, 1.165) is 5.75 Å². The van der Waals surface area contributed by atoms with Crippen molar-refractivity contribution in [3.63, 3.8) is 0 Å². The zero-order valence-corrected chi connectivity index (χ0v) is 14.4. The number of carbonyl (C=O) groups excluding carboxylic acids is 1. The van der Waals surface area contributed by atoms with Crippen LogP contribution in [0.15, 0.2) is 72.8 Å². The zero-order chi connectivity index (χ0) is 19.2. The number of methoxy groups -OCH3 is 1. The predicted octanol–water partition coefficient (Wildman–Crippen LogP) is 4.65. The maximum Gasteiger partial charge on any atom is 0.269 e. The zero-order valence-electron chi connectivity index (χ0n) is 14.4. The molecule has 0 saturated carbocycles. The van der Waals surface area contributed by atoms with Crippen molar-refractivity contribution in [2.24, 2.45) is 0 Å². The molecular weight excluding hydrogens is 348 g/mol. The first-order chi connectivity index (χ1) is 13.0. The number of nitrogens with zero attached hydrogens (tertiary/aromatic N) is 1. The number of carbonyl (C=O) groups is 1. The van der Waals surface area contributed by atoms with E-state index in [9.17, 15) is 14.9 Å². The van der Waals surface area contributed by atoms with Crippen LogP contribution < -0.4 is 14.8 Å². The minimum atomic E-state index is -0.511. The Kier molecular flexibility index (Phi) is 5.32. The molecule has 0 fully saturated rings. The normalized spacial score (nSPS) is 10.1. The van der Waals surface area contributed by atoms with Crippen molar-refractivity contribution < 1.29 is 19.2 Å². The molecule has 3 aromatic carbocycles. The Morgan fingerprint density at radius 1 is 0.852 bits per heavy atom. The number of nitro benzene ring substituents is 1. The van der Waals surface area contributed by atoms with E-state index in [-0.39, 0.29) is 11.6 Å². The molecule has 3 rings (SSSR count). The van der Waals surface area contributed by atoms with Gasteiger partial charge in [0.2, 0.25) is 0 Å². The second kappa shape index (κ2) is 8.01. The molecule has 0 aliphatic rings. The van der Waals surface area contributed by atoms with E-state index in [1.54, 1.807) is 55.6 Å². The molecule has 0 atom stereocenters. The van der Waals surface area contributed by atoms with Gasteiger partial charge in [-0.05, 0) is 60.7 Å². The third-order valence-corrected chi connectivity index (χ3v) is 3.75. The highest BCUT2D eigenvalue weighted by atomic mass is 16.6. The molecule has 0 aliphatic heterocycles. The third kappa shape index (κ3) is 4.60. The average molecular weight is 364 g/mol. The molecule has 7 heteroatoms. The van der Waals surface area contributed by atoms with Crippen LogP contribution in [0.3, 0.4) is 0 Å². The summed E-state index contributed by atoms with van der Waals surface area (Å²) in [5, 5.41) is 13.4. The summed E-state index contributed by atoms with van der Waals surface area (Å²) in [6, 6.07) is 19.5. The van der Waals surface area contributed by atoms with Crippen molar-refractivity contribution in [2.75, 3.05) is 12.4 Å². The van der Waals surface area contributed by atoms with E-state index in [1.165, 1.54) is 24.3 Å². The first-order valence-electron chi connectivity index (χ1n) is 8.03. The molecule has 136 valence electrons. The number of ether oxygens (including phenoxy) is 2. The molecule has 3 aromatic rings. The van der Waals surface area contributed by atoms with E-state index in [0.29, 0.717) is 22.7 Å². The summed E-state index contributed by atoms with van der Waals surface area (Å²) in [5.41, 5.74) is 0.853. The van der Waals surface area contributed by atoms with E-state index in [1.807, 2.05) is 0 Å². The van der Waals surface area contributed by atoms with Gasteiger partial charge >= 0.3 is 0 Å². The average Bonchev–Trinajstić information content (AvgIpc) is 2.70. The lowest BCUT2D eigenvalue weighted by atomic mass is 10.2. The second-order valence-electron chi connectivity index (χ2n) is 5.56. The van der Waals surface area contributed by atoms with Gasteiger partial charge in [0.1, 0.15) is 17.2 Å². The summed E-state index contributed by atoms with van der Waals surface area (Å²) in [6.07, 6.45) is 0. The minimum absolute atomic E-state index is 0.0633. The second-order valence-corrected chi connectivity index (χ2v) is 5.56. The van der Waals surface area contributed by atoms with Gasteiger partial charge in [0, 0.05) is 23.4 Å². The highest BCUT2D eigenvalue weighted by Gasteiger charge is 2.10. The summed E-state index contributed by atoms with van der Waals surface area (Å²) in [6.45, 7) is 0. The molecule has 0 spiro atoms. The first kappa shape index (κ1) is 17.9. The molecule has 0 heterocycles. The SMILES string of the molecule is COc1ccc(Oc2ccc(NC(=O)c3ccc([N+](=O)[O-])cc3)cc2)cc1. The molecule has 0 bridgehead atoms. The summed E-state index contributed by atoms with van der Waals surface area (Å²) in [4.78, 5) is 22.4. The maximum absolute atomic E-state index is 12.2. The summed E-state index contributed by atoms with van der Waals surface area (Å²) in [7, 11) is 1.60. The van der Waals surface area contributed by atoms with E-state index >= 15 is 0 Å². The quantitative estimate of drug-likeness (QED) is 0.508. The Bertz CT molecular complexity index is 936. The Morgan fingerprint density at radius 3 is 1.89 bits per heavy atom. The number of nitrogens with one attached hydrogen (secondary N) is 1. The van der Waals surface area contributed by atoms with Crippen LogP contribution in [0, 0.1) is 10.1 Å². The van der Waals surface area contributed by atoms with Crippen LogP contribution in [0.2, 0.25) is 0 Å². The highest BCUT2D eigenvalue weighted by molar-refractivity contribution is 6.04. The van der Waals surface area contributed by atoms with Gasteiger partial charge in [0.05, 0.1) is 12.0 Å². The summed E-state index contributed by atoms with van der Waals surface area (Å²) in [5.74, 6) is 1.67. The molecule has 1 N–H and O–H groups in total. The van der Waals surface area contributed by atoms with Crippen LogP contribution in [0.5, 0.6) is 17.2 Å². The van der Waals surface area contributed by atoms with Crippen molar-refractivity contribution in [1.82, 2.24) is 0 Å². The topological polar surface area (TPSA) is 90.7 Å². The third-order valence-electron chi connectivity index (χ3n) is 3.75. The number of nitro groups is 1. The standard InChI is InChI=1S/C20H16N2O5/c1-26-17-10-12-19(13-11-17)27-18-8-4-15(5-9-18)21-20(23)14-2-6-16(7-3-14)22(24)25/h2-13H,1H3,(H,21,23). The predicted molar refractivity (Wildman–Crippen MR) is 101 cm³/mol.